The Morgan fingerprint density at radius 2 is 2.09 bits per heavy atom. The minimum atomic E-state index is -0.215. The molecule has 0 bridgehead atoms. The maximum atomic E-state index is 12.4. The van der Waals surface area contributed by atoms with Crippen LogP contribution >= 0.6 is 11.3 Å². The molecule has 0 saturated heterocycles. The van der Waals surface area contributed by atoms with Crippen molar-refractivity contribution in [3.63, 3.8) is 0 Å². The molecule has 1 fully saturated rings. The molecule has 2 heterocycles. The highest BCUT2D eigenvalue weighted by molar-refractivity contribution is 7.09. The maximum Gasteiger partial charge on any atom is 0.248 e. The van der Waals surface area contributed by atoms with Gasteiger partial charge in [-0.25, -0.2) is 9.67 Å². The number of carbonyl (C=O) groups excluding carboxylic acids is 1. The fraction of sp³-hybridized carbons (Fsp3) is 0.208. The lowest BCUT2D eigenvalue weighted by Crippen LogP contribution is -2.08. The van der Waals surface area contributed by atoms with Gasteiger partial charge in [0.05, 0.1) is 16.7 Å². The van der Waals surface area contributed by atoms with E-state index >= 15 is 0 Å². The van der Waals surface area contributed by atoms with E-state index in [-0.39, 0.29) is 5.91 Å². The second-order valence-corrected chi connectivity index (χ2v) is 8.86. The first kappa shape index (κ1) is 21.0. The van der Waals surface area contributed by atoms with Crippen molar-refractivity contribution in [1.82, 2.24) is 25.2 Å². The molecule has 9 heteroatoms. The molecule has 33 heavy (non-hydrogen) atoms. The lowest BCUT2D eigenvalue weighted by atomic mass is 10.2. The van der Waals surface area contributed by atoms with E-state index in [1.54, 1.807) is 17.4 Å². The molecule has 0 aliphatic heterocycles. The maximum absolute atomic E-state index is 12.4. The number of tetrazole rings is 1. The largest absolute Gasteiger partial charge is 0.487 e. The van der Waals surface area contributed by atoms with Crippen LogP contribution in [0.1, 0.15) is 35.1 Å². The van der Waals surface area contributed by atoms with E-state index < -0.39 is 0 Å². The van der Waals surface area contributed by atoms with Gasteiger partial charge in [0.1, 0.15) is 12.4 Å². The van der Waals surface area contributed by atoms with Gasteiger partial charge in [-0.05, 0) is 66.1 Å². The van der Waals surface area contributed by atoms with Crippen LogP contribution in [0.15, 0.2) is 60.0 Å². The first-order chi connectivity index (χ1) is 16.1. The minimum Gasteiger partial charge on any atom is -0.487 e. The molecule has 1 N–H and O–H groups in total. The van der Waals surface area contributed by atoms with Gasteiger partial charge in [0.25, 0.3) is 0 Å². The number of amides is 1. The smallest absolute Gasteiger partial charge is 0.248 e. The molecular weight excluding hydrogens is 436 g/mol. The fourth-order valence-corrected chi connectivity index (χ4v) is 3.94. The van der Waals surface area contributed by atoms with Crippen LogP contribution in [0.25, 0.3) is 17.5 Å². The summed E-state index contributed by atoms with van der Waals surface area (Å²) in [6, 6.07) is 15.5. The van der Waals surface area contributed by atoms with Crippen molar-refractivity contribution in [2.24, 2.45) is 0 Å². The Morgan fingerprint density at radius 3 is 2.85 bits per heavy atom. The number of ether oxygens (including phenoxy) is 1. The second-order valence-electron chi connectivity index (χ2n) is 7.80. The molecular formula is C24H22N6O2S. The number of benzene rings is 2. The van der Waals surface area contributed by atoms with Crippen LogP contribution < -0.4 is 10.1 Å². The highest BCUT2D eigenvalue weighted by Gasteiger charge is 2.28. The van der Waals surface area contributed by atoms with E-state index in [0.717, 1.165) is 46.2 Å². The number of aromatic nitrogens is 5. The SMILES string of the molecule is Cc1nc(COc2ccc(/C=C/C(=O)Nc3cccc(-c4nnnn4C4CC4)c3)cc2)cs1. The zero-order valence-electron chi connectivity index (χ0n) is 18.0. The Morgan fingerprint density at radius 1 is 1.24 bits per heavy atom. The van der Waals surface area contributed by atoms with Gasteiger partial charge in [-0.1, -0.05) is 24.3 Å². The summed E-state index contributed by atoms with van der Waals surface area (Å²) >= 11 is 1.61. The zero-order chi connectivity index (χ0) is 22.6. The Hall–Kier alpha value is -3.85. The molecule has 0 unspecified atom stereocenters. The summed E-state index contributed by atoms with van der Waals surface area (Å²) in [5, 5.41) is 18.0. The first-order valence-electron chi connectivity index (χ1n) is 10.7. The number of rotatable bonds is 8. The summed E-state index contributed by atoms with van der Waals surface area (Å²) in [7, 11) is 0. The number of thiazole rings is 1. The predicted octanol–water partition coefficient (Wildman–Crippen LogP) is 4.67. The van der Waals surface area contributed by atoms with Gasteiger partial charge in [0.15, 0.2) is 5.82 Å². The van der Waals surface area contributed by atoms with Gasteiger partial charge < -0.3 is 10.1 Å². The number of hydrogen-bond acceptors (Lipinski definition) is 7. The quantitative estimate of drug-likeness (QED) is 0.386. The summed E-state index contributed by atoms with van der Waals surface area (Å²) < 4.78 is 7.61. The van der Waals surface area contributed by atoms with Crippen LogP contribution in [0, 0.1) is 6.92 Å². The summed E-state index contributed by atoms with van der Waals surface area (Å²) in [6.07, 6.45) is 5.46. The van der Waals surface area contributed by atoms with E-state index in [9.17, 15) is 4.79 Å². The first-order valence-corrected chi connectivity index (χ1v) is 11.5. The highest BCUT2D eigenvalue weighted by atomic mass is 32.1. The van der Waals surface area contributed by atoms with Crippen LogP contribution in [0.5, 0.6) is 5.75 Å². The Balaban J connectivity index is 1.18. The van der Waals surface area contributed by atoms with Crippen molar-refractivity contribution < 1.29 is 9.53 Å². The highest BCUT2D eigenvalue weighted by Crippen LogP contribution is 2.36. The van der Waals surface area contributed by atoms with Gasteiger partial charge >= 0.3 is 0 Å². The average molecular weight is 459 g/mol. The van der Waals surface area contributed by atoms with Crippen molar-refractivity contribution in [3.05, 3.63) is 76.3 Å². The van der Waals surface area contributed by atoms with Gasteiger partial charge in [0, 0.05) is 22.7 Å². The molecule has 0 atom stereocenters. The van der Waals surface area contributed by atoms with Crippen LogP contribution in [0.4, 0.5) is 5.69 Å². The molecule has 1 saturated carbocycles. The van der Waals surface area contributed by atoms with Crippen molar-refractivity contribution in [2.75, 3.05) is 5.32 Å². The molecule has 2 aromatic heterocycles. The molecule has 5 rings (SSSR count). The van der Waals surface area contributed by atoms with E-state index in [1.165, 1.54) is 6.08 Å². The molecule has 0 radical (unpaired) electrons. The third-order valence-corrected chi connectivity index (χ3v) is 5.96. The Labute approximate surface area is 194 Å². The lowest BCUT2D eigenvalue weighted by Gasteiger charge is -2.06. The van der Waals surface area contributed by atoms with Crippen LogP contribution in [0.3, 0.4) is 0 Å². The Bertz CT molecular complexity index is 1290. The number of nitrogens with one attached hydrogen (secondary N) is 1. The summed E-state index contributed by atoms with van der Waals surface area (Å²) in [6.45, 7) is 2.41. The third-order valence-electron chi connectivity index (χ3n) is 5.13. The predicted molar refractivity (Wildman–Crippen MR) is 127 cm³/mol. The van der Waals surface area contributed by atoms with Crippen molar-refractivity contribution in [1.29, 1.82) is 0 Å². The van der Waals surface area contributed by atoms with E-state index in [1.807, 2.05) is 65.5 Å². The standard InChI is InChI=1S/C24H22N6O2S/c1-16-25-20(15-33-16)14-32-22-10-5-17(6-11-22)7-12-23(31)26-19-4-2-3-18(13-19)24-27-28-29-30(24)21-8-9-21/h2-7,10-13,15,21H,8-9,14H2,1H3,(H,26,31)/b12-7+. The number of anilines is 1. The van der Waals surface area contributed by atoms with Crippen LogP contribution in [0.2, 0.25) is 0 Å². The van der Waals surface area contributed by atoms with E-state index in [0.29, 0.717) is 18.3 Å². The van der Waals surface area contributed by atoms with Crippen molar-refractivity contribution in [2.45, 2.75) is 32.4 Å². The van der Waals surface area contributed by atoms with Gasteiger partial charge in [0.2, 0.25) is 5.91 Å². The molecule has 8 nitrogen and oxygen atoms in total. The molecule has 166 valence electrons. The molecule has 2 aromatic carbocycles. The minimum absolute atomic E-state index is 0.215. The molecule has 4 aromatic rings. The van der Waals surface area contributed by atoms with Crippen molar-refractivity contribution in [3.8, 4) is 17.1 Å². The average Bonchev–Trinajstić information content (AvgIpc) is 3.40. The topological polar surface area (TPSA) is 94.8 Å². The fourth-order valence-electron chi connectivity index (χ4n) is 3.35. The number of carbonyl (C=O) groups is 1. The lowest BCUT2D eigenvalue weighted by molar-refractivity contribution is -0.111. The van der Waals surface area contributed by atoms with Gasteiger partial charge in [-0.2, -0.15) is 0 Å². The normalized spacial score (nSPS) is 13.4. The third kappa shape index (κ3) is 5.32. The molecule has 1 aliphatic carbocycles. The molecule has 1 aliphatic rings. The molecule has 0 spiro atoms. The van der Waals surface area contributed by atoms with Gasteiger partial charge in [-0.15, -0.1) is 16.4 Å². The number of aryl methyl sites for hydroxylation is 1. The van der Waals surface area contributed by atoms with Crippen molar-refractivity contribution >= 4 is 29.0 Å². The summed E-state index contributed by atoms with van der Waals surface area (Å²) in [4.78, 5) is 16.8. The Kier molecular flexibility index (Phi) is 5.95. The van der Waals surface area contributed by atoms with Crippen LogP contribution in [-0.2, 0) is 11.4 Å². The van der Waals surface area contributed by atoms with Crippen LogP contribution in [-0.4, -0.2) is 31.1 Å². The van der Waals surface area contributed by atoms with E-state index in [4.69, 9.17) is 4.74 Å². The number of hydrogen-bond donors (Lipinski definition) is 1. The molecule has 1 amide bonds. The monoisotopic (exact) mass is 458 g/mol. The van der Waals surface area contributed by atoms with E-state index in [2.05, 4.69) is 25.8 Å². The second kappa shape index (κ2) is 9.33. The summed E-state index contributed by atoms with van der Waals surface area (Å²) in [5.41, 5.74) is 3.39. The van der Waals surface area contributed by atoms with Gasteiger partial charge in [-0.3, -0.25) is 4.79 Å². The number of nitrogens with zero attached hydrogens (tertiary/aromatic N) is 5. The summed E-state index contributed by atoms with van der Waals surface area (Å²) in [5.74, 6) is 1.26. The zero-order valence-corrected chi connectivity index (χ0v) is 18.8.